The summed E-state index contributed by atoms with van der Waals surface area (Å²) >= 11 is 0. The highest BCUT2D eigenvalue weighted by Crippen LogP contribution is 2.09. The Morgan fingerprint density at radius 2 is 1.50 bits per heavy atom. The van der Waals surface area contributed by atoms with E-state index in [1.54, 1.807) is 0 Å². The summed E-state index contributed by atoms with van der Waals surface area (Å²) in [6.07, 6.45) is 4.29. The normalized spacial score (nSPS) is 16.0. The molecule has 0 amide bonds. The lowest BCUT2D eigenvalue weighted by Gasteiger charge is -2.12. The minimum atomic E-state index is -0.269. The fourth-order valence-corrected chi connectivity index (χ4v) is 1.24. The summed E-state index contributed by atoms with van der Waals surface area (Å²) in [5, 5.41) is 18.7. The van der Waals surface area contributed by atoms with Crippen LogP contribution in [0, 0.1) is 6.92 Å². The SMILES string of the molecule is [CH2]CCC(O)CCC(O)CCC. The van der Waals surface area contributed by atoms with E-state index in [0.717, 1.165) is 32.1 Å². The molecule has 0 aliphatic heterocycles. The molecule has 2 unspecified atom stereocenters. The van der Waals surface area contributed by atoms with E-state index in [4.69, 9.17) is 0 Å². The third kappa shape index (κ3) is 6.62. The van der Waals surface area contributed by atoms with Gasteiger partial charge in [0.15, 0.2) is 0 Å². The third-order valence-corrected chi connectivity index (χ3v) is 1.99. The van der Waals surface area contributed by atoms with E-state index >= 15 is 0 Å². The van der Waals surface area contributed by atoms with Crippen molar-refractivity contribution in [3.63, 3.8) is 0 Å². The van der Waals surface area contributed by atoms with Gasteiger partial charge in [0.2, 0.25) is 0 Å². The number of aliphatic hydroxyl groups excluding tert-OH is 2. The predicted octanol–water partition coefficient (Wildman–Crippen LogP) is 1.90. The van der Waals surface area contributed by atoms with Gasteiger partial charge in [0, 0.05) is 0 Å². The molecule has 0 fully saturated rings. The lowest BCUT2D eigenvalue weighted by molar-refractivity contribution is 0.104. The maximum absolute atomic E-state index is 9.34. The maximum atomic E-state index is 9.34. The van der Waals surface area contributed by atoms with Crippen LogP contribution in [0.3, 0.4) is 0 Å². The Morgan fingerprint density at radius 1 is 1.00 bits per heavy atom. The molecule has 0 bridgehead atoms. The largest absolute Gasteiger partial charge is 0.393 e. The first-order valence-corrected chi connectivity index (χ1v) is 4.86. The Morgan fingerprint density at radius 3 is 1.92 bits per heavy atom. The first-order chi connectivity index (χ1) is 5.70. The Hall–Kier alpha value is -0.0800. The summed E-state index contributed by atoms with van der Waals surface area (Å²) in [6.45, 7) is 5.72. The van der Waals surface area contributed by atoms with Crippen molar-refractivity contribution in [2.45, 2.75) is 57.7 Å². The van der Waals surface area contributed by atoms with Crippen LogP contribution in [0.15, 0.2) is 0 Å². The molecule has 0 heterocycles. The van der Waals surface area contributed by atoms with Crippen molar-refractivity contribution in [1.29, 1.82) is 0 Å². The first-order valence-electron chi connectivity index (χ1n) is 4.86. The van der Waals surface area contributed by atoms with E-state index in [2.05, 4.69) is 13.8 Å². The quantitative estimate of drug-likeness (QED) is 0.617. The molecule has 12 heavy (non-hydrogen) atoms. The zero-order valence-corrected chi connectivity index (χ0v) is 8.00. The van der Waals surface area contributed by atoms with Gasteiger partial charge >= 0.3 is 0 Å². The van der Waals surface area contributed by atoms with E-state index < -0.39 is 0 Å². The van der Waals surface area contributed by atoms with Gasteiger partial charge in [-0.15, -0.1) is 0 Å². The Kier molecular flexibility index (Phi) is 7.51. The number of aliphatic hydroxyl groups is 2. The van der Waals surface area contributed by atoms with Crippen molar-refractivity contribution in [2.24, 2.45) is 0 Å². The van der Waals surface area contributed by atoms with Crippen LogP contribution >= 0.6 is 0 Å². The third-order valence-electron chi connectivity index (χ3n) is 1.99. The van der Waals surface area contributed by atoms with Crippen LogP contribution in [0.25, 0.3) is 0 Å². The summed E-state index contributed by atoms with van der Waals surface area (Å²) in [5.74, 6) is 0. The van der Waals surface area contributed by atoms with Gasteiger partial charge in [-0.2, -0.15) is 0 Å². The number of hydrogen-bond acceptors (Lipinski definition) is 2. The molecule has 0 rings (SSSR count). The lowest BCUT2D eigenvalue weighted by Crippen LogP contribution is -2.12. The van der Waals surface area contributed by atoms with E-state index in [0.29, 0.717) is 6.42 Å². The Labute approximate surface area is 75.6 Å². The number of rotatable bonds is 7. The highest BCUT2D eigenvalue weighted by Gasteiger charge is 2.07. The van der Waals surface area contributed by atoms with Gasteiger partial charge in [-0.1, -0.05) is 26.7 Å². The summed E-state index contributed by atoms with van der Waals surface area (Å²) < 4.78 is 0. The predicted molar refractivity (Wildman–Crippen MR) is 50.7 cm³/mol. The molecule has 0 aliphatic carbocycles. The fraction of sp³-hybridized carbons (Fsp3) is 0.900. The highest BCUT2D eigenvalue weighted by atomic mass is 16.3. The lowest BCUT2D eigenvalue weighted by atomic mass is 10.0. The van der Waals surface area contributed by atoms with Crippen molar-refractivity contribution in [1.82, 2.24) is 0 Å². The molecule has 0 spiro atoms. The second-order valence-electron chi connectivity index (χ2n) is 3.32. The Bertz CT molecular complexity index is 81.8. The zero-order valence-electron chi connectivity index (χ0n) is 8.00. The second kappa shape index (κ2) is 7.56. The second-order valence-corrected chi connectivity index (χ2v) is 3.32. The average Bonchev–Trinajstić information content (AvgIpc) is 2.02. The minimum Gasteiger partial charge on any atom is -0.393 e. The van der Waals surface area contributed by atoms with Gasteiger partial charge in [-0.3, -0.25) is 0 Å². The van der Waals surface area contributed by atoms with Gasteiger partial charge in [0.25, 0.3) is 0 Å². The van der Waals surface area contributed by atoms with Crippen LogP contribution in [0.4, 0.5) is 0 Å². The molecular weight excluding hydrogens is 152 g/mol. The molecule has 0 aromatic heterocycles. The van der Waals surface area contributed by atoms with Gasteiger partial charge in [-0.05, 0) is 25.7 Å². The van der Waals surface area contributed by atoms with Crippen molar-refractivity contribution >= 4 is 0 Å². The standard InChI is InChI=1S/C10H21O2/c1-3-5-9(11)7-8-10(12)6-4-2/h9-12H,1,3-8H2,2H3. The minimum absolute atomic E-state index is 0.227. The van der Waals surface area contributed by atoms with E-state index in [1.807, 2.05) is 0 Å². The zero-order chi connectivity index (χ0) is 9.40. The van der Waals surface area contributed by atoms with Crippen molar-refractivity contribution in [3.8, 4) is 0 Å². The summed E-state index contributed by atoms with van der Waals surface area (Å²) in [5.41, 5.74) is 0. The molecule has 0 saturated carbocycles. The monoisotopic (exact) mass is 173 g/mol. The molecule has 0 aromatic rings. The number of hydrogen-bond donors (Lipinski definition) is 2. The molecule has 2 atom stereocenters. The van der Waals surface area contributed by atoms with Crippen LogP contribution in [-0.4, -0.2) is 22.4 Å². The van der Waals surface area contributed by atoms with Gasteiger partial charge in [-0.25, -0.2) is 0 Å². The topological polar surface area (TPSA) is 40.5 Å². The van der Waals surface area contributed by atoms with Crippen molar-refractivity contribution < 1.29 is 10.2 Å². The smallest absolute Gasteiger partial charge is 0.0541 e. The highest BCUT2D eigenvalue weighted by molar-refractivity contribution is 4.61. The molecule has 0 aliphatic rings. The molecule has 2 heteroatoms. The molecule has 2 nitrogen and oxygen atoms in total. The van der Waals surface area contributed by atoms with Gasteiger partial charge in [0.05, 0.1) is 12.2 Å². The van der Waals surface area contributed by atoms with Gasteiger partial charge < -0.3 is 10.2 Å². The summed E-state index contributed by atoms with van der Waals surface area (Å²) in [4.78, 5) is 0. The molecule has 0 saturated heterocycles. The van der Waals surface area contributed by atoms with E-state index in [1.165, 1.54) is 0 Å². The van der Waals surface area contributed by atoms with Crippen LogP contribution < -0.4 is 0 Å². The average molecular weight is 173 g/mol. The maximum Gasteiger partial charge on any atom is 0.0541 e. The van der Waals surface area contributed by atoms with Crippen LogP contribution in [-0.2, 0) is 0 Å². The van der Waals surface area contributed by atoms with E-state index in [9.17, 15) is 10.2 Å². The van der Waals surface area contributed by atoms with Crippen LogP contribution in [0.1, 0.15) is 45.4 Å². The summed E-state index contributed by atoms with van der Waals surface area (Å²) in [6, 6.07) is 0. The van der Waals surface area contributed by atoms with E-state index in [-0.39, 0.29) is 12.2 Å². The molecular formula is C10H21O2. The first kappa shape index (κ1) is 11.9. The van der Waals surface area contributed by atoms with Crippen molar-refractivity contribution in [2.75, 3.05) is 0 Å². The van der Waals surface area contributed by atoms with Crippen molar-refractivity contribution in [3.05, 3.63) is 6.92 Å². The van der Waals surface area contributed by atoms with Gasteiger partial charge in [0.1, 0.15) is 0 Å². The molecule has 0 aromatic carbocycles. The molecule has 2 N–H and O–H groups in total. The van der Waals surface area contributed by atoms with Crippen LogP contribution in [0.5, 0.6) is 0 Å². The molecule has 1 radical (unpaired) electrons. The fourth-order valence-electron chi connectivity index (χ4n) is 1.24. The molecule has 73 valence electrons. The Balaban J connectivity index is 3.27. The summed E-state index contributed by atoms with van der Waals surface area (Å²) in [7, 11) is 0. The van der Waals surface area contributed by atoms with Crippen LogP contribution in [0.2, 0.25) is 0 Å².